The summed E-state index contributed by atoms with van der Waals surface area (Å²) in [5, 5.41) is 0. The summed E-state index contributed by atoms with van der Waals surface area (Å²) in [7, 11) is 1.79. The minimum atomic E-state index is 0.278. The summed E-state index contributed by atoms with van der Waals surface area (Å²) in [5.74, 6) is 0. The molecule has 0 aromatic carbocycles. The van der Waals surface area contributed by atoms with Crippen molar-refractivity contribution >= 4 is 0 Å². The molecule has 12 heavy (non-hydrogen) atoms. The van der Waals surface area contributed by atoms with Gasteiger partial charge in [-0.1, -0.05) is 0 Å². The summed E-state index contributed by atoms with van der Waals surface area (Å²) in [5.41, 5.74) is 5.73. The van der Waals surface area contributed by atoms with Gasteiger partial charge in [0.15, 0.2) is 0 Å². The van der Waals surface area contributed by atoms with Gasteiger partial charge >= 0.3 is 0 Å². The molecule has 0 aromatic rings. The molecule has 3 heteroatoms. The summed E-state index contributed by atoms with van der Waals surface area (Å²) in [6.45, 7) is 5.29. The Morgan fingerprint density at radius 3 is 3.00 bits per heavy atom. The van der Waals surface area contributed by atoms with E-state index >= 15 is 0 Å². The monoisotopic (exact) mass is 172 g/mol. The van der Waals surface area contributed by atoms with Crippen LogP contribution in [0.3, 0.4) is 0 Å². The van der Waals surface area contributed by atoms with Crippen molar-refractivity contribution in [3.63, 3.8) is 0 Å². The molecule has 0 amide bonds. The molecule has 1 saturated heterocycles. The van der Waals surface area contributed by atoms with Crippen LogP contribution in [0, 0.1) is 0 Å². The fourth-order valence-corrected chi connectivity index (χ4v) is 1.78. The maximum atomic E-state index is 5.73. The summed E-state index contributed by atoms with van der Waals surface area (Å²) in [6.07, 6.45) is 2.87. The molecule has 3 nitrogen and oxygen atoms in total. The number of hydrogen-bond donors (Lipinski definition) is 1. The molecule has 72 valence electrons. The van der Waals surface area contributed by atoms with Gasteiger partial charge in [0.1, 0.15) is 0 Å². The number of likely N-dealkylation sites (tertiary alicyclic amines) is 1. The lowest BCUT2D eigenvalue weighted by atomic mass is 10.1. The third-order valence-electron chi connectivity index (χ3n) is 2.34. The topological polar surface area (TPSA) is 38.5 Å². The average molecular weight is 172 g/mol. The number of hydrogen-bond acceptors (Lipinski definition) is 3. The Morgan fingerprint density at radius 1 is 1.67 bits per heavy atom. The van der Waals surface area contributed by atoms with Gasteiger partial charge in [0, 0.05) is 26.2 Å². The largest absolute Gasteiger partial charge is 0.380 e. The van der Waals surface area contributed by atoms with Crippen LogP contribution in [0.15, 0.2) is 0 Å². The van der Waals surface area contributed by atoms with Gasteiger partial charge in [-0.15, -0.1) is 0 Å². The molecular weight excluding hydrogens is 152 g/mol. The van der Waals surface area contributed by atoms with E-state index in [-0.39, 0.29) is 6.04 Å². The van der Waals surface area contributed by atoms with Crippen molar-refractivity contribution in [2.75, 3.05) is 26.7 Å². The highest BCUT2D eigenvalue weighted by atomic mass is 16.5. The summed E-state index contributed by atoms with van der Waals surface area (Å²) in [6, 6.07) is 0.278. The zero-order chi connectivity index (χ0) is 8.97. The average Bonchev–Trinajstić information content (AvgIpc) is 2.03. The molecule has 0 saturated carbocycles. The maximum Gasteiger partial charge on any atom is 0.0698 e. The van der Waals surface area contributed by atoms with Crippen LogP contribution in [0.25, 0.3) is 0 Å². The Bertz CT molecular complexity index is 128. The lowest BCUT2D eigenvalue weighted by Crippen LogP contribution is -2.44. The van der Waals surface area contributed by atoms with Crippen molar-refractivity contribution < 1.29 is 4.74 Å². The lowest BCUT2D eigenvalue weighted by molar-refractivity contribution is 0.0300. The molecule has 1 heterocycles. The molecule has 0 bridgehead atoms. The Hall–Kier alpha value is -0.120. The number of piperidine rings is 1. The molecular formula is C9H20N2O. The van der Waals surface area contributed by atoms with Gasteiger partial charge in [0.25, 0.3) is 0 Å². The van der Waals surface area contributed by atoms with Crippen molar-refractivity contribution in [1.82, 2.24) is 4.90 Å². The number of rotatable bonds is 3. The van der Waals surface area contributed by atoms with Gasteiger partial charge in [-0.25, -0.2) is 0 Å². The minimum absolute atomic E-state index is 0.278. The van der Waals surface area contributed by atoms with Crippen molar-refractivity contribution in [2.45, 2.75) is 31.9 Å². The zero-order valence-corrected chi connectivity index (χ0v) is 8.12. The number of nitrogens with two attached hydrogens (primary N) is 1. The second-order valence-corrected chi connectivity index (χ2v) is 3.74. The first-order chi connectivity index (χ1) is 5.72. The van der Waals surface area contributed by atoms with E-state index in [1.165, 1.54) is 19.4 Å². The fraction of sp³-hybridized carbons (Fsp3) is 1.00. The number of ether oxygens (including phenoxy) is 1. The molecule has 1 aliphatic heterocycles. The van der Waals surface area contributed by atoms with Crippen molar-refractivity contribution in [3.05, 3.63) is 0 Å². The van der Waals surface area contributed by atoms with Crippen LogP contribution in [0.5, 0.6) is 0 Å². The van der Waals surface area contributed by atoms with Gasteiger partial charge in [-0.05, 0) is 26.3 Å². The van der Waals surface area contributed by atoms with Crippen LogP contribution >= 0.6 is 0 Å². The molecule has 2 N–H and O–H groups in total. The highest BCUT2D eigenvalue weighted by Gasteiger charge is 2.19. The molecule has 1 rings (SSSR count). The van der Waals surface area contributed by atoms with Crippen LogP contribution in [0.2, 0.25) is 0 Å². The standard InChI is InChI=1S/C9H20N2O/c1-8(10)6-11-5-3-4-9(7-11)12-2/h8-9H,3-7,10H2,1-2H3/t8-,9+/m0/s1. The van der Waals surface area contributed by atoms with Crippen molar-refractivity contribution in [3.8, 4) is 0 Å². The van der Waals surface area contributed by atoms with Crippen LogP contribution in [0.4, 0.5) is 0 Å². The first-order valence-electron chi connectivity index (χ1n) is 4.73. The molecule has 0 aromatic heterocycles. The quantitative estimate of drug-likeness (QED) is 0.671. The highest BCUT2D eigenvalue weighted by molar-refractivity contribution is 4.74. The van der Waals surface area contributed by atoms with Crippen LogP contribution in [-0.2, 0) is 4.74 Å². The van der Waals surface area contributed by atoms with E-state index in [1.54, 1.807) is 7.11 Å². The molecule has 0 radical (unpaired) electrons. The van der Waals surface area contributed by atoms with Gasteiger partial charge < -0.3 is 10.5 Å². The van der Waals surface area contributed by atoms with Crippen LogP contribution in [-0.4, -0.2) is 43.8 Å². The van der Waals surface area contributed by atoms with E-state index in [2.05, 4.69) is 11.8 Å². The van der Waals surface area contributed by atoms with Gasteiger partial charge in [-0.3, -0.25) is 4.90 Å². The molecule has 0 spiro atoms. The Labute approximate surface area is 74.9 Å². The minimum Gasteiger partial charge on any atom is -0.380 e. The second-order valence-electron chi connectivity index (χ2n) is 3.74. The van der Waals surface area contributed by atoms with E-state index in [4.69, 9.17) is 10.5 Å². The lowest BCUT2D eigenvalue weighted by Gasteiger charge is -2.32. The molecule has 1 aliphatic rings. The third-order valence-corrected chi connectivity index (χ3v) is 2.34. The van der Waals surface area contributed by atoms with E-state index in [0.717, 1.165) is 13.1 Å². The van der Waals surface area contributed by atoms with E-state index in [0.29, 0.717) is 6.10 Å². The fourth-order valence-electron chi connectivity index (χ4n) is 1.78. The van der Waals surface area contributed by atoms with Gasteiger partial charge in [-0.2, -0.15) is 0 Å². The summed E-state index contributed by atoms with van der Waals surface area (Å²) < 4.78 is 5.32. The normalized spacial score (nSPS) is 28.8. The maximum absolute atomic E-state index is 5.73. The van der Waals surface area contributed by atoms with E-state index < -0.39 is 0 Å². The third kappa shape index (κ3) is 3.09. The van der Waals surface area contributed by atoms with Crippen molar-refractivity contribution in [1.29, 1.82) is 0 Å². The predicted octanol–water partition coefficient (Wildman–Crippen LogP) is 0.444. The molecule has 1 fully saturated rings. The SMILES string of the molecule is CO[C@@H]1CCCN(C[C@H](C)N)C1. The number of methoxy groups -OCH3 is 1. The molecule has 2 atom stereocenters. The Balaban J connectivity index is 2.25. The first-order valence-corrected chi connectivity index (χ1v) is 4.73. The van der Waals surface area contributed by atoms with Crippen LogP contribution < -0.4 is 5.73 Å². The Morgan fingerprint density at radius 2 is 2.42 bits per heavy atom. The Kier molecular flexibility index (Phi) is 3.98. The number of nitrogens with zero attached hydrogens (tertiary/aromatic N) is 1. The molecule has 0 unspecified atom stereocenters. The van der Waals surface area contributed by atoms with Crippen molar-refractivity contribution in [2.24, 2.45) is 5.73 Å². The summed E-state index contributed by atoms with van der Waals surface area (Å²) in [4.78, 5) is 2.39. The smallest absolute Gasteiger partial charge is 0.0698 e. The zero-order valence-electron chi connectivity index (χ0n) is 8.12. The first kappa shape index (κ1) is 9.96. The summed E-state index contributed by atoms with van der Waals surface area (Å²) >= 11 is 0. The van der Waals surface area contributed by atoms with E-state index in [1.807, 2.05) is 0 Å². The van der Waals surface area contributed by atoms with E-state index in [9.17, 15) is 0 Å². The van der Waals surface area contributed by atoms with Gasteiger partial charge in [0.05, 0.1) is 6.10 Å². The molecule has 0 aliphatic carbocycles. The predicted molar refractivity (Wildman–Crippen MR) is 50.1 cm³/mol. The van der Waals surface area contributed by atoms with Gasteiger partial charge in [0.2, 0.25) is 0 Å². The highest BCUT2D eigenvalue weighted by Crippen LogP contribution is 2.11. The van der Waals surface area contributed by atoms with Crippen LogP contribution in [0.1, 0.15) is 19.8 Å². The second kappa shape index (κ2) is 4.80.